The number of aliphatic hydroxyl groups is 5. The lowest BCUT2D eigenvalue weighted by Crippen LogP contribution is -2.60. The van der Waals surface area contributed by atoms with Crippen LogP contribution in [0.1, 0.15) is 341 Å². The van der Waals surface area contributed by atoms with Gasteiger partial charge in [0.25, 0.3) is 0 Å². The van der Waals surface area contributed by atoms with Crippen molar-refractivity contribution in [3.63, 3.8) is 0 Å². The average molecular weight is 1230 g/mol. The lowest BCUT2D eigenvalue weighted by Gasteiger charge is -2.40. The average Bonchev–Trinajstić information content (AvgIpc) is 3.65. The fourth-order valence-corrected chi connectivity index (χ4v) is 11.6. The summed E-state index contributed by atoms with van der Waals surface area (Å²) >= 11 is 0. The molecule has 1 fully saturated rings. The van der Waals surface area contributed by atoms with E-state index in [-0.39, 0.29) is 12.5 Å². The Morgan fingerprint density at radius 2 is 0.716 bits per heavy atom. The van der Waals surface area contributed by atoms with Gasteiger partial charge >= 0.3 is 0 Å². The Balaban J connectivity index is 2.14. The molecule has 0 bridgehead atoms. The molecule has 0 aliphatic carbocycles. The number of carbonyl (C=O) groups excluding carboxylic acids is 1. The Bertz CT molecular complexity index is 1720. The van der Waals surface area contributed by atoms with Crippen molar-refractivity contribution < 1.29 is 39.8 Å². The second kappa shape index (κ2) is 67.0. The van der Waals surface area contributed by atoms with Crippen LogP contribution in [0.4, 0.5) is 0 Å². The second-order valence-corrected chi connectivity index (χ2v) is 25.7. The first-order chi connectivity index (χ1) is 43.3. The van der Waals surface area contributed by atoms with Crippen LogP contribution in [0.5, 0.6) is 0 Å². The lowest BCUT2D eigenvalue weighted by atomic mass is 9.99. The van der Waals surface area contributed by atoms with Gasteiger partial charge in [0, 0.05) is 6.42 Å². The van der Waals surface area contributed by atoms with Crippen LogP contribution in [-0.4, -0.2) is 87.5 Å². The second-order valence-electron chi connectivity index (χ2n) is 25.7. The van der Waals surface area contributed by atoms with E-state index in [4.69, 9.17) is 9.47 Å². The first-order valence-electron chi connectivity index (χ1n) is 37.5. The highest BCUT2D eigenvalue weighted by molar-refractivity contribution is 5.76. The molecule has 1 heterocycles. The molecule has 510 valence electrons. The number of ether oxygens (including phenoxy) is 2. The number of hydrogen-bond donors (Lipinski definition) is 6. The van der Waals surface area contributed by atoms with E-state index in [2.05, 4.69) is 104 Å². The molecule has 1 aliphatic rings. The van der Waals surface area contributed by atoms with Gasteiger partial charge in [-0.25, -0.2) is 0 Å². The zero-order valence-corrected chi connectivity index (χ0v) is 57.2. The summed E-state index contributed by atoms with van der Waals surface area (Å²) in [4.78, 5) is 13.1. The fraction of sp³-hybridized carbons (Fsp3) is 0.785. The van der Waals surface area contributed by atoms with Crippen molar-refractivity contribution in [1.29, 1.82) is 0 Å². The SMILES string of the molecule is CC/C=C\C/C=C\C/C=C\C/C=C\C/C=C\CCCCCCCCCCCCCCCCCCCC(=O)NC(COC1OC(CO)C(O)C(O)C1O)C(O)/C=C/CC/C=C/CC/C=C/CCCCCCCCCCCCCCCCCCCCCCCC. The Kier molecular flexibility index (Phi) is 63.3. The van der Waals surface area contributed by atoms with Crippen molar-refractivity contribution in [2.75, 3.05) is 13.2 Å². The topological polar surface area (TPSA) is 149 Å². The summed E-state index contributed by atoms with van der Waals surface area (Å²) in [6.45, 7) is 3.68. The molecular weight excluding hydrogens is 1090 g/mol. The van der Waals surface area contributed by atoms with Crippen LogP contribution in [0, 0.1) is 0 Å². The summed E-state index contributed by atoms with van der Waals surface area (Å²) < 4.78 is 11.3. The maximum Gasteiger partial charge on any atom is 0.220 e. The van der Waals surface area contributed by atoms with Crippen molar-refractivity contribution in [3.05, 3.63) is 97.2 Å². The minimum absolute atomic E-state index is 0.189. The summed E-state index contributed by atoms with van der Waals surface area (Å²) in [6, 6.07) is -0.835. The standard InChI is InChI=1S/C79H141NO8/c1-3-5-7-9-11-13-15-17-19-21-23-25-27-29-31-33-35-37-39-41-43-45-47-49-51-53-55-57-59-61-63-65-67-69-75(83)80-72(71-87-79-78(86)77(85)76(84)74(70-81)88-79)73(82)68-66-64-62-60-58-56-54-52-50-48-46-44-42-40-38-36-34-32-30-28-26-24-22-20-18-16-14-12-10-8-6-4-2/h5,7,11,13,17,19,23,25,29,31,50,52,58,60,66,68,72-74,76-79,81-82,84-86H,3-4,6,8-10,12,14-16,18,20-22,24,26-28,30,32-49,51,53-57,59,61-65,67,69-71H2,1-2H3,(H,80,83)/b7-5-,13-11-,19-17-,25-23-,31-29-,52-50+,60-58+,68-66+. The fourth-order valence-electron chi connectivity index (χ4n) is 11.6. The lowest BCUT2D eigenvalue weighted by molar-refractivity contribution is -0.302. The number of allylic oxidation sites excluding steroid dienone is 15. The van der Waals surface area contributed by atoms with Crippen molar-refractivity contribution in [3.8, 4) is 0 Å². The summed E-state index contributed by atoms with van der Waals surface area (Å²) in [5, 5.41) is 54.8. The molecule has 1 saturated heterocycles. The normalized spacial score (nSPS) is 18.5. The van der Waals surface area contributed by atoms with Crippen LogP contribution in [-0.2, 0) is 14.3 Å². The van der Waals surface area contributed by atoms with E-state index in [0.717, 1.165) is 77.0 Å². The molecule has 0 spiro atoms. The van der Waals surface area contributed by atoms with Gasteiger partial charge in [0.2, 0.25) is 5.91 Å². The van der Waals surface area contributed by atoms with E-state index in [1.807, 2.05) is 6.08 Å². The van der Waals surface area contributed by atoms with Gasteiger partial charge in [-0.05, 0) is 89.9 Å². The predicted molar refractivity (Wildman–Crippen MR) is 378 cm³/mol. The van der Waals surface area contributed by atoms with Gasteiger partial charge in [-0.1, -0.05) is 342 Å². The number of aliphatic hydroxyl groups excluding tert-OH is 5. The van der Waals surface area contributed by atoms with E-state index >= 15 is 0 Å². The summed E-state index contributed by atoms with van der Waals surface area (Å²) in [7, 11) is 0. The van der Waals surface area contributed by atoms with Gasteiger partial charge < -0.3 is 40.3 Å². The zero-order valence-electron chi connectivity index (χ0n) is 57.2. The molecule has 1 aliphatic heterocycles. The highest BCUT2D eigenvalue weighted by Gasteiger charge is 2.44. The van der Waals surface area contributed by atoms with Gasteiger partial charge in [-0.2, -0.15) is 0 Å². The first-order valence-corrected chi connectivity index (χ1v) is 37.5. The van der Waals surface area contributed by atoms with Crippen LogP contribution >= 0.6 is 0 Å². The molecule has 1 amide bonds. The molecule has 7 unspecified atom stereocenters. The Hall–Kier alpha value is -2.89. The molecule has 6 N–H and O–H groups in total. The minimum atomic E-state index is -1.58. The van der Waals surface area contributed by atoms with Gasteiger partial charge in [-0.15, -0.1) is 0 Å². The smallest absolute Gasteiger partial charge is 0.220 e. The maximum atomic E-state index is 13.1. The molecule has 0 aromatic heterocycles. The number of nitrogens with one attached hydrogen (secondary N) is 1. The summed E-state index contributed by atoms with van der Waals surface area (Å²) in [5.41, 5.74) is 0. The van der Waals surface area contributed by atoms with Crippen LogP contribution < -0.4 is 5.32 Å². The molecule has 88 heavy (non-hydrogen) atoms. The van der Waals surface area contributed by atoms with E-state index in [9.17, 15) is 30.3 Å². The molecule has 9 heteroatoms. The third kappa shape index (κ3) is 54.8. The highest BCUT2D eigenvalue weighted by atomic mass is 16.7. The van der Waals surface area contributed by atoms with E-state index < -0.39 is 49.5 Å². The van der Waals surface area contributed by atoms with Gasteiger partial charge in [0.15, 0.2) is 6.29 Å². The molecule has 0 aromatic rings. The minimum Gasteiger partial charge on any atom is -0.394 e. The Morgan fingerprint density at radius 1 is 0.398 bits per heavy atom. The van der Waals surface area contributed by atoms with Crippen molar-refractivity contribution >= 4 is 5.91 Å². The van der Waals surface area contributed by atoms with Gasteiger partial charge in [-0.3, -0.25) is 4.79 Å². The third-order valence-corrected chi connectivity index (χ3v) is 17.4. The van der Waals surface area contributed by atoms with Crippen LogP contribution in [0.2, 0.25) is 0 Å². The maximum absolute atomic E-state index is 13.1. The molecule has 0 radical (unpaired) electrons. The Morgan fingerprint density at radius 3 is 1.09 bits per heavy atom. The van der Waals surface area contributed by atoms with Crippen LogP contribution in [0.15, 0.2) is 97.2 Å². The van der Waals surface area contributed by atoms with Crippen molar-refractivity contribution in [2.45, 2.75) is 384 Å². The van der Waals surface area contributed by atoms with Gasteiger partial charge in [0.1, 0.15) is 24.4 Å². The van der Waals surface area contributed by atoms with Crippen LogP contribution in [0.25, 0.3) is 0 Å². The van der Waals surface area contributed by atoms with Crippen molar-refractivity contribution in [1.82, 2.24) is 5.32 Å². The molecule has 7 atom stereocenters. The monoisotopic (exact) mass is 1230 g/mol. The van der Waals surface area contributed by atoms with Gasteiger partial charge in [0.05, 0.1) is 25.4 Å². The molecular formula is C79H141NO8. The van der Waals surface area contributed by atoms with Crippen molar-refractivity contribution in [2.24, 2.45) is 0 Å². The number of carbonyl (C=O) groups is 1. The predicted octanol–water partition coefficient (Wildman–Crippen LogP) is 21.0. The quantitative estimate of drug-likeness (QED) is 0.0261. The molecule has 0 saturated carbocycles. The number of unbranched alkanes of at least 4 members (excludes halogenated alkanes) is 41. The third-order valence-electron chi connectivity index (χ3n) is 17.4. The number of rotatable bonds is 65. The van der Waals surface area contributed by atoms with E-state index in [1.54, 1.807) is 6.08 Å². The molecule has 9 nitrogen and oxygen atoms in total. The zero-order chi connectivity index (χ0) is 63.5. The number of hydrogen-bond acceptors (Lipinski definition) is 8. The molecule has 1 rings (SSSR count). The molecule has 0 aromatic carbocycles. The largest absolute Gasteiger partial charge is 0.394 e. The number of amides is 1. The summed E-state index contributed by atoms with van der Waals surface area (Å²) in [5.74, 6) is -0.189. The highest BCUT2D eigenvalue weighted by Crippen LogP contribution is 2.23. The first kappa shape index (κ1) is 83.1. The summed E-state index contributed by atoms with van der Waals surface area (Å²) in [6.07, 6.45) is 91.1. The van der Waals surface area contributed by atoms with E-state index in [1.165, 1.54) is 244 Å². The Labute approximate surface area is 543 Å². The van der Waals surface area contributed by atoms with E-state index in [0.29, 0.717) is 6.42 Å². The van der Waals surface area contributed by atoms with Crippen LogP contribution in [0.3, 0.4) is 0 Å².